The lowest BCUT2D eigenvalue weighted by Crippen LogP contribution is -2.13. The van der Waals surface area contributed by atoms with Crippen molar-refractivity contribution in [2.24, 2.45) is 5.10 Å². The van der Waals surface area contributed by atoms with E-state index < -0.39 is 0 Å². The summed E-state index contributed by atoms with van der Waals surface area (Å²) in [5.41, 5.74) is 0.854. The highest BCUT2D eigenvalue weighted by Gasteiger charge is 2.19. The largest absolute Gasteiger partial charge is 0.495 e. The van der Waals surface area contributed by atoms with Gasteiger partial charge in [0.1, 0.15) is 11.4 Å². The van der Waals surface area contributed by atoms with Crippen molar-refractivity contribution < 1.29 is 14.2 Å². The van der Waals surface area contributed by atoms with Gasteiger partial charge in [0.05, 0.1) is 14.2 Å². The Balaban J connectivity index is 2.27. The summed E-state index contributed by atoms with van der Waals surface area (Å²) in [6, 6.07) is 7.60. The van der Waals surface area contributed by atoms with Gasteiger partial charge in [-0.05, 0) is 12.1 Å². The Bertz CT molecular complexity index is 379. The number of hydrogen-bond donors (Lipinski definition) is 0. The molecule has 0 bridgehead atoms. The van der Waals surface area contributed by atoms with Crippen LogP contribution in [-0.4, -0.2) is 27.0 Å². The van der Waals surface area contributed by atoms with Gasteiger partial charge in [-0.15, -0.1) is 0 Å². The van der Waals surface area contributed by atoms with Gasteiger partial charge in [-0.2, -0.15) is 0 Å². The monoisotopic (exact) mass is 208 g/mol. The Labute approximate surface area is 87.9 Å². The van der Waals surface area contributed by atoms with Crippen LogP contribution < -0.4 is 9.75 Å². The predicted octanol–water partition coefficient (Wildman–Crippen LogP) is 1.41. The zero-order valence-corrected chi connectivity index (χ0v) is 8.64. The highest BCUT2D eigenvalue weighted by Crippen LogP contribution is 2.29. The number of anilines is 1. The van der Waals surface area contributed by atoms with Crippen LogP contribution in [0.15, 0.2) is 29.4 Å². The lowest BCUT2D eigenvalue weighted by Gasteiger charge is -2.14. The molecule has 0 saturated heterocycles. The van der Waals surface area contributed by atoms with Gasteiger partial charge in [-0.25, -0.2) is 5.01 Å². The molecule has 80 valence electrons. The molecule has 0 aromatic heterocycles. The average molecular weight is 208 g/mol. The Hall–Kier alpha value is -1.91. The first-order chi connectivity index (χ1) is 7.35. The first-order valence-corrected chi connectivity index (χ1v) is 4.51. The Morgan fingerprint density at radius 1 is 1.27 bits per heavy atom. The third-order valence-electron chi connectivity index (χ3n) is 2.05. The van der Waals surface area contributed by atoms with E-state index in [1.54, 1.807) is 12.1 Å². The zero-order valence-electron chi connectivity index (χ0n) is 8.64. The van der Waals surface area contributed by atoms with Crippen LogP contribution >= 0.6 is 0 Å². The fourth-order valence-electron chi connectivity index (χ4n) is 1.34. The van der Waals surface area contributed by atoms with Crippen molar-refractivity contribution in [1.82, 2.24) is 0 Å². The van der Waals surface area contributed by atoms with Gasteiger partial charge in [0, 0.05) is 0 Å². The molecule has 1 aromatic carbocycles. The van der Waals surface area contributed by atoms with Crippen LogP contribution in [0.2, 0.25) is 0 Å². The predicted molar refractivity (Wildman–Crippen MR) is 55.9 cm³/mol. The molecule has 0 N–H and O–H groups in total. The second-order valence-corrected chi connectivity index (χ2v) is 2.91. The van der Waals surface area contributed by atoms with Gasteiger partial charge in [-0.3, -0.25) is 0 Å². The normalized spacial score (nSPS) is 14.5. The maximum absolute atomic E-state index is 5.22. The molecule has 1 heterocycles. The first-order valence-electron chi connectivity index (χ1n) is 4.51. The molecule has 1 aromatic rings. The molecule has 0 aliphatic carbocycles. The molecule has 0 amide bonds. The van der Waals surface area contributed by atoms with Crippen LogP contribution in [0.5, 0.6) is 5.75 Å². The molecule has 5 nitrogen and oxygen atoms in total. The van der Waals surface area contributed by atoms with Crippen molar-refractivity contribution in [3.05, 3.63) is 24.3 Å². The molecule has 2 rings (SSSR count). The van der Waals surface area contributed by atoms with Crippen LogP contribution in [0, 0.1) is 0 Å². The molecule has 15 heavy (non-hydrogen) atoms. The second kappa shape index (κ2) is 4.08. The number of para-hydroxylation sites is 2. The first kappa shape index (κ1) is 9.64. The summed E-state index contributed by atoms with van der Waals surface area (Å²) in [7, 11) is 3.14. The van der Waals surface area contributed by atoms with Gasteiger partial charge in [0.15, 0.2) is 6.73 Å². The SMILES string of the molecule is COC1=NN(c2ccccc2OC)CO1. The molecule has 0 fully saturated rings. The van der Waals surface area contributed by atoms with E-state index in [2.05, 4.69) is 5.10 Å². The van der Waals surface area contributed by atoms with E-state index in [4.69, 9.17) is 14.2 Å². The summed E-state index contributed by atoms with van der Waals surface area (Å²) >= 11 is 0. The van der Waals surface area contributed by atoms with Gasteiger partial charge < -0.3 is 14.2 Å². The van der Waals surface area contributed by atoms with Crippen molar-refractivity contribution in [2.45, 2.75) is 0 Å². The van der Waals surface area contributed by atoms with Crippen molar-refractivity contribution in [3.63, 3.8) is 0 Å². The standard InChI is InChI=1S/C10H12N2O3/c1-13-9-6-4-3-5-8(9)12-7-15-10(11-12)14-2/h3-6H,7H2,1-2H3. The molecule has 0 saturated carbocycles. The molecule has 0 atom stereocenters. The average Bonchev–Trinajstić information content (AvgIpc) is 2.77. The van der Waals surface area contributed by atoms with Gasteiger partial charge in [0.25, 0.3) is 0 Å². The van der Waals surface area contributed by atoms with E-state index in [0.717, 1.165) is 11.4 Å². The quantitative estimate of drug-likeness (QED) is 0.737. The van der Waals surface area contributed by atoms with Crippen LogP contribution in [0.25, 0.3) is 0 Å². The van der Waals surface area contributed by atoms with Crippen molar-refractivity contribution in [2.75, 3.05) is 26.0 Å². The highest BCUT2D eigenvalue weighted by molar-refractivity contribution is 5.72. The zero-order chi connectivity index (χ0) is 10.7. The fourth-order valence-corrected chi connectivity index (χ4v) is 1.34. The topological polar surface area (TPSA) is 43.3 Å². The molecule has 5 heteroatoms. The molecule has 1 aliphatic rings. The highest BCUT2D eigenvalue weighted by atomic mass is 16.7. The van der Waals surface area contributed by atoms with Crippen LogP contribution in [0.3, 0.4) is 0 Å². The van der Waals surface area contributed by atoms with Crippen LogP contribution in [-0.2, 0) is 9.47 Å². The summed E-state index contributed by atoms with van der Waals surface area (Å²) in [5.74, 6) is 0.752. The molecular formula is C10H12N2O3. The summed E-state index contributed by atoms with van der Waals surface area (Å²) in [6.45, 7) is 0.337. The van der Waals surface area contributed by atoms with E-state index in [1.165, 1.54) is 7.11 Å². The van der Waals surface area contributed by atoms with Crippen molar-refractivity contribution in [3.8, 4) is 5.75 Å². The molecular weight excluding hydrogens is 196 g/mol. The van der Waals surface area contributed by atoms with Crippen molar-refractivity contribution in [1.29, 1.82) is 0 Å². The number of nitrogens with zero attached hydrogens (tertiary/aromatic N) is 2. The summed E-state index contributed by atoms with van der Waals surface area (Å²) in [6.07, 6.45) is 0.265. The smallest absolute Gasteiger partial charge is 0.407 e. The van der Waals surface area contributed by atoms with Crippen LogP contribution in [0.4, 0.5) is 5.69 Å². The molecule has 0 radical (unpaired) electrons. The number of benzene rings is 1. The van der Waals surface area contributed by atoms with E-state index >= 15 is 0 Å². The fraction of sp³-hybridized carbons (Fsp3) is 0.300. The Morgan fingerprint density at radius 3 is 2.73 bits per heavy atom. The van der Waals surface area contributed by atoms with Crippen molar-refractivity contribution >= 4 is 11.8 Å². The van der Waals surface area contributed by atoms with Gasteiger partial charge in [-0.1, -0.05) is 17.2 Å². The maximum atomic E-state index is 5.22. The third kappa shape index (κ3) is 1.81. The van der Waals surface area contributed by atoms with E-state index in [9.17, 15) is 0 Å². The summed E-state index contributed by atoms with van der Waals surface area (Å²) in [4.78, 5) is 0. The number of hydrazone groups is 1. The van der Waals surface area contributed by atoms with Crippen LogP contribution in [0.1, 0.15) is 0 Å². The summed E-state index contributed by atoms with van der Waals surface area (Å²) in [5, 5.41) is 5.79. The number of hydrogen-bond acceptors (Lipinski definition) is 5. The molecule has 1 aliphatic heterocycles. The van der Waals surface area contributed by atoms with E-state index in [1.807, 2.05) is 24.3 Å². The minimum Gasteiger partial charge on any atom is -0.495 e. The second-order valence-electron chi connectivity index (χ2n) is 2.91. The van der Waals surface area contributed by atoms with E-state index in [0.29, 0.717) is 6.73 Å². The maximum Gasteiger partial charge on any atom is 0.407 e. The Morgan fingerprint density at radius 2 is 2.07 bits per heavy atom. The minimum atomic E-state index is 0.265. The molecule has 0 spiro atoms. The van der Waals surface area contributed by atoms with E-state index in [-0.39, 0.29) is 6.08 Å². The summed E-state index contributed by atoms with van der Waals surface area (Å²) < 4.78 is 15.3. The minimum absolute atomic E-state index is 0.265. The number of rotatable bonds is 2. The number of ether oxygens (including phenoxy) is 3. The molecule has 0 unspecified atom stereocenters. The van der Waals surface area contributed by atoms with Gasteiger partial charge in [0.2, 0.25) is 0 Å². The lowest BCUT2D eigenvalue weighted by atomic mass is 10.3. The third-order valence-corrected chi connectivity index (χ3v) is 2.05. The van der Waals surface area contributed by atoms with Gasteiger partial charge >= 0.3 is 6.08 Å². The Kier molecular flexibility index (Phi) is 2.62. The lowest BCUT2D eigenvalue weighted by molar-refractivity contribution is 0.225. The number of methoxy groups -OCH3 is 2.